The standard InChI is InChI=1S/C28H45N3O9/c1-27(2,3)39-25(36)18-30(16-23(32)33)15-21(14-20-8-10-22(11-9-20)38-13-7-12-29)31(17-24(34)35)19-26(37)40-28(4,5)6/h8-11,21H,7,12-19,29H2,1-6H3,(H,32,33)(H,34,35). The Hall–Kier alpha value is -3.22. The molecule has 0 aliphatic carbocycles. The van der Waals surface area contributed by atoms with E-state index in [0.717, 1.165) is 5.56 Å². The maximum absolute atomic E-state index is 12.7. The highest BCUT2D eigenvalue weighted by Crippen LogP contribution is 2.18. The molecule has 1 aromatic carbocycles. The van der Waals surface area contributed by atoms with Gasteiger partial charge in [0.2, 0.25) is 0 Å². The highest BCUT2D eigenvalue weighted by Gasteiger charge is 2.30. The Bertz CT molecular complexity index is 969. The molecule has 0 amide bonds. The normalized spacial score (nSPS) is 12.7. The van der Waals surface area contributed by atoms with Gasteiger partial charge in [-0.3, -0.25) is 29.0 Å². The van der Waals surface area contributed by atoms with Crippen molar-refractivity contribution in [1.29, 1.82) is 0 Å². The van der Waals surface area contributed by atoms with Crippen molar-refractivity contribution >= 4 is 23.9 Å². The first-order chi connectivity index (χ1) is 18.5. The first-order valence-electron chi connectivity index (χ1n) is 13.2. The summed E-state index contributed by atoms with van der Waals surface area (Å²) in [6.07, 6.45) is 0.958. The molecule has 12 heteroatoms. The maximum atomic E-state index is 12.7. The van der Waals surface area contributed by atoms with Crippen molar-refractivity contribution in [2.24, 2.45) is 5.73 Å². The van der Waals surface area contributed by atoms with Crippen LogP contribution in [0.3, 0.4) is 0 Å². The predicted molar refractivity (Wildman–Crippen MR) is 148 cm³/mol. The second kappa shape index (κ2) is 16.1. The van der Waals surface area contributed by atoms with Crippen molar-refractivity contribution in [2.45, 2.75) is 71.6 Å². The van der Waals surface area contributed by atoms with Crippen molar-refractivity contribution < 1.29 is 43.6 Å². The van der Waals surface area contributed by atoms with Gasteiger partial charge in [0.05, 0.1) is 32.8 Å². The Morgan fingerprint density at radius 3 is 1.82 bits per heavy atom. The number of nitrogens with zero attached hydrogens (tertiary/aromatic N) is 2. The van der Waals surface area contributed by atoms with E-state index in [1.165, 1.54) is 9.80 Å². The van der Waals surface area contributed by atoms with Gasteiger partial charge in [-0.15, -0.1) is 0 Å². The molecule has 4 N–H and O–H groups in total. The Kier molecular flexibility index (Phi) is 14.0. The zero-order valence-corrected chi connectivity index (χ0v) is 24.5. The molecule has 0 heterocycles. The third-order valence-electron chi connectivity index (χ3n) is 5.22. The van der Waals surface area contributed by atoms with Crippen LogP contribution in [0.1, 0.15) is 53.5 Å². The number of carbonyl (C=O) groups excluding carboxylic acids is 2. The van der Waals surface area contributed by atoms with Gasteiger partial charge in [-0.2, -0.15) is 0 Å². The van der Waals surface area contributed by atoms with Crippen LogP contribution in [0.25, 0.3) is 0 Å². The van der Waals surface area contributed by atoms with Crippen molar-refractivity contribution in [3.8, 4) is 5.75 Å². The fourth-order valence-electron chi connectivity index (χ4n) is 3.83. The summed E-state index contributed by atoms with van der Waals surface area (Å²) in [6, 6.07) is 6.50. The van der Waals surface area contributed by atoms with E-state index < -0.39 is 54.2 Å². The summed E-state index contributed by atoms with van der Waals surface area (Å²) >= 11 is 0. The van der Waals surface area contributed by atoms with Crippen LogP contribution >= 0.6 is 0 Å². The molecule has 40 heavy (non-hydrogen) atoms. The number of rotatable bonds is 17. The summed E-state index contributed by atoms with van der Waals surface area (Å²) in [5, 5.41) is 19.1. The average molecular weight is 568 g/mol. The third kappa shape index (κ3) is 16.0. The summed E-state index contributed by atoms with van der Waals surface area (Å²) in [5.74, 6) is -2.95. The lowest BCUT2D eigenvalue weighted by atomic mass is 10.0. The van der Waals surface area contributed by atoms with Crippen LogP contribution in [-0.4, -0.2) is 107 Å². The number of esters is 2. The van der Waals surface area contributed by atoms with Gasteiger partial charge < -0.3 is 30.2 Å². The van der Waals surface area contributed by atoms with E-state index in [0.29, 0.717) is 25.3 Å². The molecule has 12 nitrogen and oxygen atoms in total. The molecule has 1 atom stereocenters. The van der Waals surface area contributed by atoms with E-state index in [1.54, 1.807) is 53.7 Å². The Balaban J connectivity index is 3.31. The minimum atomic E-state index is -1.17. The number of carboxylic acids is 2. The van der Waals surface area contributed by atoms with Gasteiger partial charge in [0.15, 0.2) is 0 Å². The Labute approximate surface area is 236 Å². The zero-order chi connectivity index (χ0) is 30.5. The maximum Gasteiger partial charge on any atom is 0.320 e. The third-order valence-corrected chi connectivity index (χ3v) is 5.22. The van der Waals surface area contributed by atoms with Crippen LogP contribution in [0.15, 0.2) is 24.3 Å². The van der Waals surface area contributed by atoms with E-state index in [1.807, 2.05) is 12.1 Å². The number of nitrogens with two attached hydrogens (primary N) is 1. The number of hydrogen-bond acceptors (Lipinski definition) is 10. The Morgan fingerprint density at radius 2 is 1.35 bits per heavy atom. The average Bonchev–Trinajstić information content (AvgIpc) is 2.76. The molecule has 0 fully saturated rings. The Morgan fingerprint density at radius 1 is 0.825 bits per heavy atom. The fraction of sp³-hybridized carbons (Fsp3) is 0.643. The number of carboxylic acid groups (broad SMARTS) is 2. The fourth-order valence-corrected chi connectivity index (χ4v) is 3.83. The first kappa shape index (κ1) is 34.8. The molecule has 0 radical (unpaired) electrons. The molecular weight excluding hydrogens is 522 g/mol. The lowest BCUT2D eigenvalue weighted by molar-refractivity contribution is -0.160. The second-order valence-corrected chi connectivity index (χ2v) is 11.5. The number of aliphatic carboxylic acids is 2. The van der Waals surface area contributed by atoms with Crippen LogP contribution in [0.2, 0.25) is 0 Å². The van der Waals surface area contributed by atoms with Crippen molar-refractivity contribution in [3.63, 3.8) is 0 Å². The monoisotopic (exact) mass is 567 g/mol. The first-order valence-corrected chi connectivity index (χ1v) is 13.2. The van der Waals surface area contributed by atoms with Gasteiger partial charge in [-0.05, 0) is 78.6 Å². The van der Waals surface area contributed by atoms with Crippen LogP contribution < -0.4 is 10.5 Å². The van der Waals surface area contributed by atoms with Gasteiger partial charge in [-0.25, -0.2) is 0 Å². The number of hydrogen-bond donors (Lipinski definition) is 3. The summed E-state index contributed by atoms with van der Waals surface area (Å²) in [4.78, 5) is 51.5. The number of benzene rings is 1. The van der Waals surface area contributed by atoms with Gasteiger partial charge in [0.25, 0.3) is 0 Å². The minimum Gasteiger partial charge on any atom is -0.494 e. The van der Waals surface area contributed by atoms with Crippen molar-refractivity contribution in [3.05, 3.63) is 29.8 Å². The van der Waals surface area contributed by atoms with E-state index >= 15 is 0 Å². The van der Waals surface area contributed by atoms with Crippen LogP contribution in [0.5, 0.6) is 5.75 Å². The molecule has 0 saturated heterocycles. The lowest BCUT2D eigenvalue weighted by Crippen LogP contribution is -2.51. The minimum absolute atomic E-state index is 0.0314. The van der Waals surface area contributed by atoms with Crippen molar-refractivity contribution in [2.75, 3.05) is 45.9 Å². The lowest BCUT2D eigenvalue weighted by Gasteiger charge is -2.34. The molecule has 0 aliphatic rings. The second-order valence-electron chi connectivity index (χ2n) is 11.5. The molecule has 0 aliphatic heterocycles. The van der Waals surface area contributed by atoms with Gasteiger partial charge in [0, 0.05) is 12.6 Å². The molecule has 1 unspecified atom stereocenters. The molecular formula is C28H45N3O9. The van der Waals surface area contributed by atoms with Gasteiger partial charge in [0.1, 0.15) is 17.0 Å². The summed E-state index contributed by atoms with van der Waals surface area (Å²) in [7, 11) is 0. The quantitative estimate of drug-likeness (QED) is 0.185. The number of carbonyl (C=O) groups is 4. The SMILES string of the molecule is CC(C)(C)OC(=O)CN(CC(=O)O)CC(Cc1ccc(OCCCN)cc1)N(CC(=O)O)CC(=O)OC(C)(C)C. The summed E-state index contributed by atoms with van der Waals surface area (Å²) < 4.78 is 16.4. The van der Waals surface area contributed by atoms with Gasteiger partial charge in [-0.1, -0.05) is 12.1 Å². The summed E-state index contributed by atoms with van der Waals surface area (Å²) in [5.41, 5.74) is 4.74. The highest BCUT2D eigenvalue weighted by atomic mass is 16.6. The van der Waals surface area contributed by atoms with Crippen LogP contribution in [0.4, 0.5) is 0 Å². The molecule has 1 aromatic rings. The molecule has 0 bridgehead atoms. The zero-order valence-electron chi connectivity index (χ0n) is 24.5. The van der Waals surface area contributed by atoms with Crippen molar-refractivity contribution in [1.82, 2.24) is 9.80 Å². The molecule has 0 saturated carbocycles. The largest absolute Gasteiger partial charge is 0.494 e. The topological polar surface area (TPSA) is 169 Å². The molecule has 0 aromatic heterocycles. The van der Waals surface area contributed by atoms with E-state index in [9.17, 15) is 29.4 Å². The predicted octanol–water partition coefficient (Wildman–Crippen LogP) is 1.78. The van der Waals surface area contributed by atoms with Crippen LogP contribution in [-0.2, 0) is 35.1 Å². The molecule has 1 rings (SSSR count). The smallest absolute Gasteiger partial charge is 0.320 e. The van der Waals surface area contributed by atoms with Crippen LogP contribution in [0, 0.1) is 0 Å². The number of ether oxygens (including phenoxy) is 3. The van der Waals surface area contributed by atoms with E-state index in [-0.39, 0.29) is 26.1 Å². The van der Waals surface area contributed by atoms with Gasteiger partial charge >= 0.3 is 23.9 Å². The van der Waals surface area contributed by atoms with E-state index in [4.69, 9.17) is 19.9 Å². The highest BCUT2D eigenvalue weighted by molar-refractivity contribution is 5.75. The molecule has 0 spiro atoms. The molecule has 226 valence electrons. The van der Waals surface area contributed by atoms with E-state index in [2.05, 4.69) is 0 Å². The summed E-state index contributed by atoms with van der Waals surface area (Å²) in [6.45, 7) is 9.50.